The molecule has 0 unspecified atom stereocenters. The summed E-state index contributed by atoms with van der Waals surface area (Å²) in [6.07, 6.45) is 0. The van der Waals surface area contributed by atoms with Crippen LogP contribution in [-0.4, -0.2) is 9.91 Å². The fraction of sp³-hybridized carbons (Fsp3) is 0. The van der Waals surface area contributed by atoms with Gasteiger partial charge in [-0.05, 0) is 24.3 Å². The van der Waals surface area contributed by atoms with E-state index in [9.17, 15) is 18.9 Å². The van der Waals surface area contributed by atoms with Gasteiger partial charge in [0.05, 0.1) is 9.82 Å². The van der Waals surface area contributed by atoms with Crippen LogP contribution in [0.25, 0.3) is 0 Å². The first-order valence-corrected chi connectivity index (χ1v) is 6.01. The normalized spacial score (nSPS) is 10.1. The number of aromatic nitrogens is 1. The Bertz CT molecular complexity index is 731. The summed E-state index contributed by atoms with van der Waals surface area (Å²) in [4.78, 5) is 13.6. The molecule has 100 valence electrons. The summed E-state index contributed by atoms with van der Waals surface area (Å²) < 4.78 is 26.5. The van der Waals surface area contributed by atoms with Crippen LogP contribution in [0.4, 0.5) is 14.5 Å². The van der Waals surface area contributed by atoms with Crippen LogP contribution in [0.5, 0.6) is 0 Å². The van der Waals surface area contributed by atoms with Crippen LogP contribution in [0.1, 0.15) is 5.69 Å². The number of nitrogens with zero attached hydrogens (tertiary/aromatic N) is 3. The van der Waals surface area contributed by atoms with E-state index in [0.29, 0.717) is 0 Å². The second-order valence-electron chi connectivity index (χ2n) is 3.56. The Hall–Kier alpha value is -2.53. The Labute approximate surface area is 116 Å². The molecule has 0 aliphatic carbocycles. The van der Waals surface area contributed by atoms with E-state index in [-0.39, 0.29) is 15.6 Å². The molecule has 20 heavy (non-hydrogen) atoms. The van der Waals surface area contributed by atoms with Gasteiger partial charge in [-0.3, -0.25) is 10.1 Å². The van der Waals surface area contributed by atoms with Gasteiger partial charge in [0.25, 0.3) is 0 Å². The molecule has 0 saturated carbocycles. The van der Waals surface area contributed by atoms with Crippen molar-refractivity contribution in [3.8, 4) is 6.07 Å². The number of rotatable bonds is 3. The zero-order chi connectivity index (χ0) is 14.7. The molecule has 0 amide bonds. The lowest BCUT2D eigenvalue weighted by Gasteiger charge is -2.03. The van der Waals surface area contributed by atoms with Gasteiger partial charge >= 0.3 is 5.69 Å². The lowest BCUT2D eigenvalue weighted by atomic mass is 10.3. The lowest BCUT2D eigenvalue weighted by Crippen LogP contribution is -1.96. The first-order chi connectivity index (χ1) is 9.51. The first-order valence-electron chi connectivity index (χ1n) is 5.19. The Morgan fingerprint density at radius 1 is 1.30 bits per heavy atom. The van der Waals surface area contributed by atoms with Crippen molar-refractivity contribution in [2.75, 3.05) is 0 Å². The molecule has 0 aliphatic rings. The highest BCUT2D eigenvalue weighted by molar-refractivity contribution is 7.99. The number of benzene rings is 1. The van der Waals surface area contributed by atoms with Crippen LogP contribution in [0.15, 0.2) is 40.3 Å². The number of hydrogen-bond donors (Lipinski definition) is 0. The molecule has 0 saturated heterocycles. The summed E-state index contributed by atoms with van der Waals surface area (Å²) in [6.45, 7) is 0. The highest BCUT2D eigenvalue weighted by atomic mass is 32.2. The number of hydrogen-bond acceptors (Lipinski definition) is 5. The van der Waals surface area contributed by atoms with E-state index in [4.69, 9.17) is 5.26 Å². The minimum absolute atomic E-state index is 0.0183. The highest BCUT2D eigenvalue weighted by Crippen LogP contribution is 2.30. The molecule has 2 aromatic rings. The highest BCUT2D eigenvalue weighted by Gasteiger charge is 2.16. The van der Waals surface area contributed by atoms with Crippen molar-refractivity contribution in [3.63, 3.8) is 0 Å². The van der Waals surface area contributed by atoms with E-state index in [1.54, 1.807) is 6.07 Å². The molecule has 0 atom stereocenters. The van der Waals surface area contributed by atoms with Gasteiger partial charge in [0, 0.05) is 6.07 Å². The van der Waals surface area contributed by atoms with Gasteiger partial charge in [-0.15, -0.1) is 0 Å². The summed E-state index contributed by atoms with van der Waals surface area (Å²) in [5.41, 5.74) is -0.812. The zero-order valence-electron chi connectivity index (χ0n) is 9.71. The van der Waals surface area contributed by atoms with E-state index >= 15 is 0 Å². The van der Waals surface area contributed by atoms with Crippen molar-refractivity contribution in [1.29, 1.82) is 5.26 Å². The van der Waals surface area contributed by atoms with E-state index in [1.807, 2.05) is 0 Å². The monoisotopic (exact) mass is 293 g/mol. The van der Waals surface area contributed by atoms with Crippen molar-refractivity contribution in [3.05, 3.63) is 57.8 Å². The maximum atomic E-state index is 13.5. The number of pyridine rings is 1. The van der Waals surface area contributed by atoms with Crippen molar-refractivity contribution in [2.45, 2.75) is 9.92 Å². The molecule has 0 N–H and O–H groups in total. The van der Waals surface area contributed by atoms with Crippen molar-refractivity contribution in [2.24, 2.45) is 0 Å². The van der Waals surface area contributed by atoms with Crippen LogP contribution in [-0.2, 0) is 0 Å². The average Bonchev–Trinajstić information content (AvgIpc) is 2.42. The SMILES string of the molecule is N#Cc1nc(Sc2cc(F)ccc2F)ccc1[N+](=O)[O-]. The molecule has 8 heteroatoms. The standard InChI is InChI=1S/C12H5F2N3O2S/c13-7-1-2-8(14)11(5-7)20-12-4-3-10(17(18)19)9(6-15)16-12/h1-5H. The molecule has 0 fully saturated rings. The summed E-state index contributed by atoms with van der Waals surface area (Å²) in [7, 11) is 0. The molecule has 1 heterocycles. The predicted molar refractivity (Wildman–Crippen MR) is 66.1 cm³/mol. The summed E-state index contributed by atoms with van der Waals surface area (Å²) >= 11 is 0.779. The van der Waals surface area contributed by atoms with Crippen LogP contribution in [0.3, 0.4) is 0 Å². The molecule has 1 aromatic heterocycles. The fourth-order valence-electron chi connectivity index (χ4n) is 1.39. The maximum Gasteiger partial charge on any atom is 0.305 e. The third-order valence-corrected chi connectivity index (χ3v) is 3.23. The number of halogens is 2. The zero-order valence-corrected chi connectivity index (χ0v) is 10.5. The van der Waals surface area contributed by atoms with Crippen LogP contribution < -0.4 is 0 Å². The molecular formula is C12H5F2N3O2S. The lowest BCUT2D eigenvalue weighted by molar-refractivity contribution is -0.385. The van der Waals surface area contributed by atoms with Gasteiger partial charge in [0.2, 0.25) is 5.69 Å². The van der Waals surface area contributed by atoms with Crippen LogP contribution >= 0.6 is 11.8 Å². The molecule has 0 radical (unpaired) electrons. The summed E-state index contributed by atoms with van der Waals surface area (Å²) in [5, 5.41) is 19.6. The van der Waals surface area contributed by atoms with E-state index in [1.165, 1.54) is 6.07 Å². The Morgan fingerprint density at radius 2 is 2.05 bits per heavy atom. The average molecular weight is 293 g/mol. The summed E-state index contributed by atoms with van der Waals surface area (Å²) in [6, 6.07) is 6.89. The Morgan fingerprint density at radius 3 is 2.70 bits per heavy atom. The van der Waals surface area contributed by atoms with Crippen molar-refractivity contribution in [1.82, 2.24) is 4.98 Å². The van der Waals surface area contributed by atoms with Crippen molar-refractivity contribution < 1.29 is 13.7 Å². The third kappa shape index (κ3) is 2.89. The van der Waals surface area contributed by atoms with Gasteiger partial charge < -0.3 is 0 Å². The minimum atomic E-state index is -0.733. The van der Waals surface area contributed by atoms with Crippen LogP contribution in [0.2, 0.25) is 0 Å². The van der Waals surface area contributed by atoms with E-state index in [2.05, 4.69) is 4.98 Å². The third-order valence-electron chi connectivity index (χ3n) is 2.26. The van der Waals surface area contributed by atoms with E-state index in [0.717, 1.165) is 36.0 Å². The van der Waals surface area contributed by atoms with Gasteiger partial charge in [-0.25, -0.2) is 13.8 Å². The van der Waals surface area contributed by atoms with Gasteiger partial charge in [0.15, 0.2) is 0 Å². The predicted octanol–water partition coefficient (Wildman–Crippen LogP) is 3.29. The van der Waals surface area contributed by atoms with Crippen molar-refractivity contribution >= 4 is 17.4 Å². The largest absolute Gasteiger partial charge is 0.305 e. The topological polar surface area (TPSA) is 79.8 Å². The van der Waals surface area contributed by atoms with E-state index < -0.39 is 22.2 Å². The fourth-order valence-corrected chi connectivity index (χ4v) is 2.22. The quantitative estimate of drug-likeness (QED) is 0.640. The van der Waals surface area contributed by atoms with Crippen LogP contribution in [0, 0.1) is 33.1 Å². The number of nitro groups is 1. The van der Waals surface area contributed by atoms with Gasteiger partial charge in [-0.1, -0.05) is 11.8 Å². The Kier molecular flexibility index (Phi) is 3.91. The molecular weight excluding hydrogens is 288 g/mol. The Balaban J connectivity index is 2.38. The second kappa shape index (κ2) is 5.63. The molecule has 0 spiro atoms. The van der Waals surface area contributed by atoms with Gasteiger partial charge in [0.1, 0.15) is 22.7 Å². The number of nitriles is 1. The maximum absolute atomic E-state index is 13.5. The molecule has 0 bridgehead atoms. The molecule has 2 rings (SSSR count). The molecule has 0 aliphatic heterocycles. The first kappa shape index (κ1) is 13.9. The second-order valence-corrected chi connectivity index (χ2v) is 4.63. The smallest absolute Gasteiger partial charge is 0.258 e. The minimum Gasteiger partial charge on any atom is -0.258 e. The molecule has 5 nitrogen and oxygen atoms in total. The summed E-state index contributed by atoms with van der Waals surface area (Å²) in [5.74, 6) is -1.26. The molecule has 1 aromatic carbocycles. The van der Waals surface area contributed by atoms with Gasteiger partial charge in [-0.2, -0.15) is 5.26 Å².